The molecule has 1 aliphatic heterocycles. The largest absolute Gasteiger partial charge is 0.354 e. The van der Waals surface area contributed by atoms with E-state index in [1.54, 1.807) is 0 Å². The van der Waals surface area contributed by atoms with E-state index < -0.39 is 0 Å². The lowest BCUT2D eigenvalue weighted by atomic mass is 10.0. The fraction of sp³-hybridized carbons (Fsp3) is 0.0222. The van der Waals surface area contributed by atoms with Gasteiger partial charge >= 0.3 is 0 Å². The average molecular weight is 631 g/mol. The van der Waals surface area contributed by atoms with E-state index in [-0.39, 0.29) is 0 Å². The summed E-state index contributed by atoms with van der Waals surface area (Å²) in [5.74, 6) is 0. The highest BCUT2D eigenvalue weighted by Crippen LogP contribution is 2.29. The third kappa shape index (κ3) is 5.02. The number of hydrogen-bond donors (Lipinski definition) is 3. The van der Waals surface area contributed by atoms with Gasteiger partial charge in [0.25, 0.3) is 0 Å². The minimum Gasteiger partial charge on any atom is -0.354 e. The van der Waals surface area contributed by atoms with Crippen molar-refractivity contribution < 1.29 is 0 Å². The van der Waals surface area contributed by atoms with E-state index >= 15 is 0 Å². The van der Waals surface area contributed by atoms with Gasteiger partial charge in [0.1, 0.15) is 0 Å². The summed E-state index contributed by atoms with van der Waals surface area (Å²) in [7, 11) is 2.18. The summed E-state index contributed by atoms with van der Waals surface area (Å²) in [4.78, 5) is 11.6. The molecule has 0 amide bonds. The van der Waals surface area contributed by atoms with Crippen LogP contribution in [0.4, 0.5) is 0 Å². The molecular weight excluding hydrogens is 597 g/mol. The summed E-state index contributed by atoms with van der Waals surface area (Å²) in [6, 6.07) is 60.4. The Bertz CT molecular complexity index is 2500. The van der Waals surface area contributed by atoms with Gasteiger partial charge < -0.3 is 19.5 Å². The number of H-pyrrole nitrogens is 3. The molecule has 234 valence electrons. The number of fused-ring (bicyclic) bond motifs is 8. The summed E-state index contributed by atoms with van der Waals surface area (Å²) in [6.07, 6.45) is 0. The summed E-state index contributed by atoms with van der Waals surface area (Å²) in [5.41, 5.74) is 13.4. The first-order valence-electron chi connectivity index (χ1n) is 16.7. The van der Waals surface area contributed by atoms with Crippen LogP contribution in [0.25, 0.3) is 22.3 Å². The van der Waals surface area contributed by atoms with Gasteiger partial charge in [0.05, 0.1) is 11.4 Å². The summed E-state index contributed by atoms with van der Waals surface area (Å²) < 4.78 is 2.33. The van der Waals surface area contributed by atoms with Crippen molar-refractivity contribution in [1.82, 2.24) is 19.5 Å². The Kier molecular flexibility index (Phi) is 6.98. The van der Waals surface area contributed by atoms with E-state index in [2.05, 4.69) is 196 Å². The first-order valence-corrected chi connectivity index (χ1v) is 16.7. The lowest BCUT2D eigenvalue weighted by Gasteiger charge is -2.14. The molecule has 9 rings (SSSR count). The van der Waals surface area contributed by atoms with E-state index in [4.69, 9.17) is 0 Å². The zero-order chi connectivity index (χ0) is 32.7. The Morgan fingerprint density at radius 1 is 0.306 bits per heavy atom. The van der Waals surface area contributed by atoms with E-state index in [0.717, 1.165) is 88.7 Å². The van der Waals surface area contributed by atoms with Crippen LogP contribution in [-0.4, -0.2) is 19.5 Å². The van der Waals surface area contributed by atoms with Crippen LogP contribution in [0.15, 0.2) is 170 Å². The fourth-order valence-electron chi connectivity index (χ4n) is 7.29. The molecule has 0 fully saturated rings. The molecule has 4 aromatic carbocycles. The summed E-state index contributed by atoms with van der Waals surface area (Å²) in [5, 5.41) is 4.21. The fourth-order valence-corrected chi connectivity index (χ4v) is 7.29. The van der Waals surface area contributed by atoms with Gasteiger partial charge in [0.15, 0.2) is 0 Å². The lowest BCUT2D eigenvalue weighted by molar-refractivity contribution is 0.888. The minimum absolute atomic E-state index is 1.04. The van der Waals surface area contributed by atoms with E-state index in [1.165, 1.54) is 0 Å². The van der Waals surface area contributed by atoms with Crippen molar-refractivity contribution in [3.8, 4) is 0 Å². The van der Waals surface area contributed by atoms with Crippen LogP contribution in [0, 0.1) is 0 Å². The number of aromatic amines is 3. The van der Waals surface area contributed by atoms with Crippen LogP contribution in [0.3, 0.4) is 0 Å². The van der Waals surface area contributed by atoms with Crippen LogP contribution in [0.1, 0.15) is 45.0 Å². The van der Waals surface area contributed by atoms with Crippen LogP contribution in [-0.2, 0) is 7.05 Å². The molecule has 0 radical (unpaired) electrons. The molecule has 5 heterocycles. The topological polar surface area (TPSA) is 52.3 Å². The Morgan fingerprint density at radius 3 is 0.959 bits per heavy atom. The van der Waals surface area contributed by atoms with Gasteiger partial charge in [-0.25, -0.2) is 0 Å². The second-order valence-corrected chi connectivity index (χ2v) is 12.5. The smallest absolute Gasteiger partial charge is 0.0509 e. The molecular formula is C45H34N4. The number of nitrogens with one attached hydrogen (secondary N) is 3. The number of nitrogens with zero attached hydrogens (tertiary/aromatic N) is 1. The molecule has 8 aromatic rings. The van der Waals surface area contributed by atoms with E-state index in [1.807, 2.05) is 0 Å². The van der Waals surface area contributed by atoms with Gasteiger partial charge in [-0.05, 0) is 70.8 Å². The monoisotopic (exact) mass is 630 g/mol. The number of hydrogen-bond acceptors (Lipinski definition) is 0. The van der Waals surface area contributed by atoms with Crippen molar-refractivity contribution in [2.24, 2.45) is 7.05 Å². The van der Waals surface area contributed by atoms with Crippen LogP contribution < -0.4 is 21.4 Å². The molecule has 3 N–H and O–H groups in total. The maximum absolute atomic E-state index is 3.88. The summed E-state index contributed by atoms with van der Waals surface area (Å²) in [6.45, 7) is 0. The molecule has 4 aromatic heterocycles. The molecule has 1 aliphatic rings. The third-order valence-corrected chi connectivity index (χ3v) is 9.56. The Hall–Kier alpha value is -6.52. The van der Waals surface area contributed by atoms with Gasteiger partial charge in [0.2, 0.25) is 0 Å². The van der Waals surface area contributed by atoms with E-state index in [0.29, 0.717) is 0 Å². The Balaban J connectivity index is 1.47. The molecule has 0 unspecified atom stereocenters. The number of benzene rings is 4. The van der Waals surface area contributed by atoms with Crippen molar-refractivity contribution in [1.29, 1.82) is 0 Å². The molecule has 0 spiro atoms. The predicted molar refractivity (Wildman–Crippen MR) is 199 cm³/mol. The lowest BCUT2D eigenvalue weighted by Crippen LogP contribution is -2.20. The second-order valence-electron chi connectivity index (χ2n) is 12.5. The molecule has 4 nitrogen and oxygen atoms in total. The maximum atomic E-state index is 3.88. The first kappa shape index (κ1) is 28.7. The quantitative estimate of drug-likeness (QED) is 0.204. The Morgan fingerprint density at radius 2 is 0.612 bits per heavy atom. The molecule has 0 aliphatic carbocycles. The van der Waals surface area contributed by atoms with Gasteiger partial charge in [-0.2, -0.15) is 0 Å². The van der Waals surface area contributed by atoms with Crippen molar-refractivity contribution in [3.05, 3.63) is 236 Å². The zero-order valence-corrected chi connectivity index (χ0v) is 27.1. The highest BCUT2D eigenvalue weighted by molar-refractivity contribution is 5.85. The van der Waals surface area contributed by atoms with Gasteiger partial charge in [-0.1, -0.05) is 121 Å². The van der Waals surface area contributed by atoms with Crippen molar-refractivity contribution >= 4 is 22.3 Å². The third-order valence-electron chi connectivity index (χ3n) is 9.56. The van der Waals surface area contributed by atoms with Gasteiger partial charge in [0, 0.05) is 62.1 Å². The second kappa shape index (κ2) is 11.9. The van der Waals surface area contributed by atoms with Crippen LogP contribution in [0.2, 0.25) is 0 Å². The van der Waals surface area contributed by atoms with Crippen molar-refractivity contribution in [3.63, 3.8) is 0 Å². The van der Waals surface area contributed by atoms with E-state index in [9.17, 15) is 0 Å². The predicted octanol–water partition coefficient (Wildman–Crippen LogP) is 6.31. The molecule has 8 bridgehead atoms. The molecule has 0 saturated carbocycles. The first-order chi connectivity index (χ1) is 24.2. The van der Waals surface area contributed by atoms with Crippen molar-refractivity contribution in [2.75, 3.05) is 0 Å². The minimum atomic E-state index is 1.04. The van der Waals surface area contributed by atoms with Gasteiger partial charge in [-0.3, -0.25) is 0 Å². The average Bonchev–Trinajstić information content (AvgIpc) is 3.98. The Labute approximate surface area is 284 Å². The number of aromatic nitrogens is 4. The van der Waals surface area contributed by atoms with Crippen LogP contribution in [0.5, 0.6) is 0 Å². The van der Waals surface area contributed by atoms with Crippen LogP contribution >= 0.6 is 0 Å². The molecule has 0 atom stereocenters. The SMILES string of the molecule is Cn1c2ccc1C(c1ccccc1)=c1ccc([nH]1)=C(c1ccccc1)c1ccc([nH]1)C(c1ccccc1)=c1ccc([nH]1)=C2c1ccccc1. The standard InChI is InChI=1S/C45H34N4/c1-49-40-28-29-41(49)45(33-20-12-5-13-21-33)39-27-25-37(48-39)43(31-16-8-3-9-17-31)35-23-22-34(46-35)42(30-14-6-2-7-15-30)36-24-26-38(47-36)44(40)32-18-10-4-11-19-32/h2-29,46-48H,1H3. The van der Waals surface area contributed by atoms with Crippen molar-refractivity contribution in [2.45, 2.75) is 0 Å². The molecule has 4 heteroatoms. The number of rotatable bonds is 4. The highest BCUT2D eigenvalue weighted by Gasteiger charge is 2.19. The zero-order valence-electron chi connectivity index (χ0n) is 27.1. The molecule has 49 heavy (non-hydrogen) atoms. The maximum Gasteiger partial charge on any atom is 0.0509 e. The normalized spacial score (nSPS) is 12.8. The molecule has 0 saturated heterocycles. The summed E-state index contributed by atoms with van der Waals surface area (Å²) >= 11 is 0. The van der Waals surface area contributed by atoms with Gasteiger partial charge in [-0.15, -0.1) is 0 Å². The highest BCUT2D eigenvalue weighted by atomic mass is 15.0.